The molecule has 5 heteroatoms. The molecule has 2 saturated heterocycles. The molecule has 0 saturated carbocycles. The van der Waals surface area contributed by atoms with Crippen LogP contribution >= 0.6 is 0 Å². The van der Waals surface area contributed by atoms with Crippen molar-refractivity contribution >= 4 is 5.91 Å². The van der Waals surface area contributed by atoms with Crippen molar-refractivity contribution in [3.8, 4) is 0 Å². The third kappa shape index (κ3) is 4.36. The van der Waals surface area contributed by atoms with Crippen molar-refractivity contribution in [2.75, 3.05) is 60.2 Å². The van der Waals surface area contributed by atoms with Gasteiger partial charge in [0, 0.05) is 58.4 Å². The van der Waals surface area contributed by atoms with Crippen LogP contribution < -0.4 is 0 Å². The topological polar surface area (TPSA) is 42.0 Å². The summed E-state index contributed by atoms with van der Waals surface area (Å²) in [6.45, 7) is 10.5. The van der Waals surface area contributed by atoms with E-state index in [4.69, 9.17) is 9.47 Å². The molecule has 2 heterocycles. The lowest BCUT2D eigenvalue weighted by Crippen LogP contribution is -2.47. The molecule has 0 unspecified atom stereocenters. The van der Waals surface area contributed by atoms with E-state index in [0.717, 1.165) is 64.3 Å². The van der Waals surface area contributed by atoms with Crippen molar-refractivity contribution in [2.45, 2.75) is 26.7 Å². The molecule has 2 fully saturated rings. The fourth-order valence-electron chi connectivity index (χ4n) is 4.74. The number of aryl methyl sites for hydroxylation is 2. The van der Waals surface area contributed by atoms with E-state index in [-0.39, 0.29) is 11.3 Å². The van der Waals surface area contributed by atoms with Crippen molar-refractivity contribution < 1.29 is 14.3 Å². The minimum absolute atomic E-state index is 0.172. The summed E-state index contributed by atoms with van der Waals surface area (Å²) < 4.78 is 10.8. The minimum atomic E-state index is 0.172. The van der Waals surface area contributed by atoms with Gasteiger partial charge in [-0.25, -0.2) is 0 Å². The number of amides is 1. The molecule has 1 aromatic carbocycles. The van der Waals surface area contributed by atoms with E-state index in [1.807, 2.05) is 23.1 Å². The fraction of sp³-hybridized carbons (Fsp3) is 0.682. The van der Waals surface area contributed by atoms with E-state index in [0.29, 0.717) is 5.92 Å². The average molecular weight is 375 g/mol. The summed E-state index contributed by atoms with van der Waals surface area (Å²) in [7, 11) is 3.55. The Labute approximate surface area is 163 Å². The average Bonchev–Trinajstić information content (AvgIpc) is 2.99. The second-order valence-corrected chi connectivity index (χ2v) is 8.33. The molecule has 1 amide bonds. The Morgan fingerprint density at radius 2 is 1.89 bits per heavy atom. The number of rotatable bonds is 6. The molecule has 3 rings (SSSR count). The number of likely N-dealkylation sites (tertiary alicyclic amines) is 2. The van der Waals surface area contributed by atoms with Crippen molar-refractivity contribution in [2.24, 2.45) is 11.3 Å². The fourth-order valence-corrected chi connectivity index (χ4v) is 4.74. The Hall–Kier alpha value is -1.43. The van der Waals surface area contributed by atoms with Gasteiger partial charge in [-0.1, -0.05) is 6.07 Å². The number of methoxy groups -OCH3 is 2. The monoisotopic (exact) mass is 374 g/mol. The van der Waals surface area contributed by atoms with Crippen LogP contribution in [-0.4, -0.2) is 75.9 Å². The zero-order valence-electron chi connectivity index (χ0n) is 17.3. The maximum Gasteiger partial charge on any atom is 0.253 e. The third-order valence-corrected chi connectivity index (χ3v) is 6.66. The maximum atomic E-state index is 13.0. The van der Waals surface area contributed by atoms with E-state index in [2.05, 4.69) is 18.7 Å². The second kappa shape index (κ2) is 8.72. The Bertz CT molecular complexity index is 653. The standard InChI is InChI=1S/C22H34N2O3/c1-17-5-6-19(13-18(17)2)21(25)24-9-7-22(8-10-24)16-23(11-12-26-3)14-20(22)15-27-4/h5-6,13,20H,7-12,14-16H2,1-4H3/t20-/m1/s1. The number of ether oxygens (including phenoxy) is 2. The van der Waals surface area contributed by atoms with Crippen LogP contribution in [-0.2, 0) is 9.47 Å². The van der Waals surface area contributed by atoms with Gasteiger partial charge in [0.25, 0.3) is 5.91 Å². The highest BCUT2D eigenvalue weighted by molar-refractivity contribution is 5.94. The van der Waals surface area contributed by atoms with Crippen LogP contribution in [0, 0.1) is 25.2 Å². The molecule has 27 heavy (non-hydrogen) atoms. The first-order chi connectivity index (χ1) is 13.0. The van der Waals surface area contributed by atoms with Gasteiger partial charge in [0.05, 0.1) is 13.2 Å². The molecule has 0 N–H and O–H groups in total. The van der Waals surface area contributed by atoms with Gasteiger partial charge in [0.1, 0.15) is 0 Å². The van der Waals surface area contributed by atoms with Gasteiger partial charge in [-0.05, 0) is 55.4 Å². The highest BCUT2D eigenvalue weighted by atomic mass is 16.5. The number of nitrogens with zero attached hydrogens (tertiary/aromatic N) is 2. The van der Waals surface area contributed by atoms with E-state index in [1.165, 1.54) is 11.1 Å². The Kier molecular flexibility index (Phi) is 6.56. The molecule has 5 nitrogen and oxygen atoms in total. The van der Waals surface area contributed by atoms with Gasteiger partial charge >= 0.3 is 0 Å². The van der Waals surface area contributed by atoms with E-state index >= 15 is 0 Å². The molecule has 1 aromatic rings. The van der Waals surface area contributed by atoms with Crippen molar-refractivity contribution in [3.63, 3.8) is 0 Å². The summed E-state index contributed by atoms with van der Waals surface area (Å²) in [5.74, 6) is 0.712. The van der Waals surface area contributed by atoms with Gasteiger partial charge in [-0.15, -0.1) is 0 Å². The largest absolute Gasteiger partial charge is 0.384 e. The minimum Gasteiger partial charge on any atom is -0.384 e. The molecule has 0 bridgehead atoms. The molecule has 2 aliphatic heterocycles. The molecule has 150 valence electrons. The van der Waals surface area contributed by atoms with Crippen LogP contribution in [0.5, 0.6) is 0 Å². The lowest BCUT2D eigenvalue weighted by molar-refractivity contribution is 0.0321. The van der Waals surface area contributed by atoms with Crippen LogP contribution in [0.2, 0.25) is 0 Å². The first-order valence-electron chi connectivity index (χ1n) is 10.1. The summed E-state index contributed by atoms with van der Waals surface area (Å²) in [5.41, 5.74) is 3.49. The van der Waals surface area contributed by atoms with Gasteiger partial charge in [-0.3, -0.25) is 4.79 Å². The third-order valence-electron chi connectivity index (χ3n) is 6.66. The van der Waals surface area contributed by atoms with Gasteiger partial charge < -0.3 is 19.3 Å². The molecule has 2 aliphatic rings. The first kappa shape index (κ1) is 20.3. The molecule has 0 radical (unpaired) electrons. The predicted octanol–water partition coefficient (Wildman–Crippen LogP) is 2.75. The quantitative estimate of drug-likeness (QED) is 0.768. The zero-order valence-corrected chi connectivity index (χ0v) is 17.3. The lowest BCUT2D eigenvalue weighted by atomic mass is 9.71. The van der Waals surface area contributed by atoms with E-state index in [1.54, 1.807) is 14.2 Å². The number of carbonyl (C=O) groups is 1. The van der Waals surface area contributed by atoms with Crippen LogP contribution in [0.1, 0.15) is 34.3 Å². The van der Waals surface area contributed by atoms with Gasteiger partial charge in [0.15, 0.2) is 0 Å². The summed E-state index contributed by atoms with van der Waals surface area (Å²) in [6, 6.07) is 6.04. The van der Waals surface area contributed by atoms with E-state index < -0.39 is 0 Å². The maximum absolute atomic E-state index is 13.0. The highest BCUT2D eigenvalue weighted by Gasteiger charge is 2.48. The normalized spacial score (nSPS) is 22.5. The smallest absolute Gasteiger partial charge is 0.253 e. The Morgan fingerprint density at radius 3 is 2.52 bits per heavy atom. The summed E-state index contributed by atoms with van der Waals surface area (Å²) in [6.07, 6.45) is 2.11. The molecule has 1 spiro atoms. The lowest BCUT2D eigenvalue weighted by Gasteiger charge is -2.42. The van der Waals surface area contributed by atoms with Crippen LogP contribution in [0.4, 0.5) is 0 Å². The number of hydrogen-bond donors (Lipinski definition) is 0. The summed E-state index contributed by atoms with van der Waals surface area (Å²) in [4.78, 5) is 17.5. The highest BCUT2D eigenvalue weighted by Crippen LogP contribution is 2.45. The summed E-state index contributed by atoms with van der Waals surface area (Å²) >= 11 is 0. The number of carbonyl (C=O) groups excluding carboxylic acids is 1. The van der Waals surface area contributed by atoms with Crippen LogP contribution in [0.15, 0.2) is 18.2 Å². The van der Waals surface area contributed by atoms with Gasteiger partial charge in [-0.2, -0.15) is 0 Å². The SMILES string of the molecule is COCCN1C[C@H](COC)C2(CCN(C(=O)c3ccc(C)c(C)c3)CC2)C1. The van der Waals surface area contributed by atoms with Crippen LogP contribution in [0.25, 0.3) is 0 Å². The molecular weight excluding hydrogens is 340 g/mol. The van der Waals surface area contributed by atoms with Crippen molar-refractivity contribution in [1.29, 1.82) is 0 Å². The first-order valence-corrected chi connectivity index (χ1v) is 10.1. The van der Waals surface area contributed by atoms with Crippen LogP contribution in [0.3, 0.4) is 0 Å². The number of piperidine rings is 1. The van der Waals surface area contributed by atoms with Crippen molar-refractivity contribution in [3.05, 3.63) is 34.9 Å². The molecule has 1 atom stereocenters. The molecular formula is C22H34N2O3. The predicted molar refractivity (Wildman–Crippen MR) is 107 cm³/mol. The number of hydrogen-bond acceptors (Lipinski definition) is 4. The van der Waals surface area contributed by atoms with Gasteiger partial charge in [0.2, 0.25) is 0 Å². The van der Waals surface area contributed by atoms with E-state index in [9.17, 15) is 4.79 Å². The summed E-state index contributed by atoms with van der Waals surface area (Å²) in [5, 5.41) is 0. The zero-order chi connectivity index (χ0) is 19.4. The Balaban J connectivity index is 1.65. The van der Waals surface area contributed by atoms with Crippen molar-refractivity contribution in [1.82, 2.24) is 9.80 Å². The Morgan fingerprint density at radius 1 is 1.15 bits per heavy atom. The number of benzene rings is 1. The molecule has 0 aliphatic carbocycles. The second-order valence-electron chi connectivity index (χ2n) is 8.33. The molecule has 0 aromatic heterocycles.